The number of sulfone groups is 1. The Kier molecular flexibility index (Phi) is 5.55. The molecule has 1 aliphatic rings. The summed E-state index contributed by atoms with van der Waals surface area (Å²) in [6.45, 7) is 1.90. The van der Waals surface area contributed by atoms with Crippen LogP contribution < -0.4 is 14.8 Å². The first kappa shape index (κ1) is 19.7. The number of benzene rings is 2. The first-order chi connectivity index (χ1) is 13.2. The van der Waals surface area contributed by atoms with Crippen LogP contribution >= 0.6 is 0 Å². The van der Waals surface area contributed by atoms with Gasteiger partial charge in [0.15, 0.2) is 21.7 Å². The summed E-state index contributed by atoms with van der Waals surface area (Å²) >= 11 is 0. The summed E-state index contributed by atoms with van der Waals surface area (Å²) < 4.78 is 39.5. The molecule has 1 N–H and O–H groups in total. The number of hydrogen-bond donors (Lipinski definition) is 1. The number of amides is 1. The van der Waals surface area contributed by atoms with Crippen LogP contribution in [0, 0.1) is 0 Å². The summed E-state index contributed by atoms with van der Waals surface area (Å²) in [7, 11) is -3.30. The Morgan fingerprint density at radius 1 is 1.14 bits per heavy atom. The minimum absolute atomic E-state index is 0.128. The molecule has 3 rings (SSSR count). The largest absolute Gasteiger partial charge is 0.489 e. The van der Waals surface area contributed by atoms with Crippen molar-refractivity contribution in [3.8, 4) is 17.2 Å². The second-order valence-corrected chi connectivity index (χ2v) is 8.33. The van der Waals surface area contributed by atoms with E-state index >= 15 is 0 Å². The van der Waals surface area contributed by atoms with Gasteiger partial charge in [0.2, 0.25) is 0 Å². The van der Waals surface area contributed by atoms with Gasteiger partial charge in [-0.3, -0.25) is 4.79 Å². The van der Waals surface area contributed by atoms with Gasteiger partial charge in [0.1, 0.15) is 23.9 Å². The Morgan fingerprint density at radius 2 is 1.82 bits per heavy atom. The molecule has 1 atom stereocenters. The molecule has 8 nitrogen and oxygen atoms in total. The van der Waals surface area contributed by atoms with Crippen molar-refractivity contribution >= 4 is 21.7 Å². The van der Waals surface area contributed by atoms with Gasteiger partial charge in [-0.1, -0.05) is 0 Å². The van der Waals surface area contributed by atoms with Crippen molar-refractivity contribution in [1.82, 2.24) is 5.32 Å². The fourth-order valence-electron chi connectivity index (χ4n) is 2.52. The predicted octanol–water partition coefficient (Wildman–Crippen LogP) is 2.57. The van der Waals surface area contributed by atoms with E-state index in [0.717, 1.165) is 6.26 Å². The first-order valence-corrected chi connectivity index (χ1v) is 10.3. The van der Waals surface area contributed by atoms with Crippen LogP contribution in [0.5, 0.6) is 17.2 Å². The second kappa shape index (κ2) is 7.89. The lowest BCUT2D eigenvalue weighted by Gasteiger charge is -2.13. The monoisotopic (exact) mass is 405 g/mol. The molecule has 1 aliphatic heterocycles. The Balaban J connectivity index is 1.77. The summed E-state index contributed by atoms with van der Waals surface area (Å²) in [4.78, 5) is 23.0. The molecule has 1 fully saturated rings. The third-order valence-electron chi connectivity index (χ3n) is 3.96. The Labute approximate surface area is 162 Å². The molecule has 0 bridgehead atoms. The number of carbonyl (C=O) groups is 2. The van der Waals surface area contributed by atoms with Crippen LogP contribution in [0.1, 0.15) is 17.3 Å². The Morgan fingerprint density at radius 3 is 2.39 bits per heavy atom. The number of nitrogens with one attached hydrogen (secondary N) is 1. The molecule has 2 aromatic rings. The normalized spacial score (nSPS) is 16.2. The van der Waals surface area contributed by atoms with Crippen molar-refractivity contribution < 1.29 is 32.2 Å². The smallest absolute Gasteiger partial charge is 0.407 e. The number of alkyl carbamates (subject to hydrolysis) is 1. The molecule has 2 aromatic carbocycles. The molecule has 0 saturated carbocycles. The highest BCUT2D eigenvalue weighted by Gasteiger charge is 2.23. The quantitative estimate of drug-likeness (QED) is 0.705. The number of hydrogen-bond acceptors (Lipinski definition) is 7. The SMILES string of the molecule is CC(=O)c1cc(OC[C@H]2CNC(=O)O2)cc(Oc2ccc(S(C)(=O)=O)cc2)c1. The molecular weight excluding hydrogens is 386 g/mol. The van der Waals surface area contributed by atoms with E-state index in [4.69, 9.17) is 14.2 Å². The van der Waals surface area contributed by atoms with Crippen molar-refractivity contribution in [2.75, 3.05) is 19.4 Å². The van der Waals surface area contributed by atoms with E-state index in [1.807, 2.05) is 0 Å². The number of cyclic esters (lactones) is 1. The lowest BCUT2D eigenvalue weighted by atomic mass is 10.1. The van der Waals surface area contributed by atoms with Crippen molar-refractivity contribution in [2.24, 2.45) is 0 Å². The number of carbonyl (C=O) groups excluding carboxylic acids is 2. The van der Waals surface area contributed by atoms with E-state index in [1.165, 1.54) is 31.2 Å². The third-order valence-corrected chi connectivity index (χ3v) is 5.09. The zero-order valence-corrected chi connectivity index (χ0v) is 16.1. The van der Waals surface area contributed by atoms with E-state index in [2.05, 4.69) is 5.32 Å². The van der Waals surface area contributed by atoms with Gasteiger partial charge >= 0.3 is 6.09 Å². The predicted molar refractivity (Wildman–Crippen MR) is 99.8 cm³/mol. The van der Waals surface area contributed by atoms with Crippen LogP contribution in [0.4, 0.5) is 4.79 Å². The van der Waals surface area contributed by atoms with E-state index in [9.17, 15) is 18.0 Å². The molecule has 0 aliphatic carbocycles. The van der Waals surface area contributed by atoms with E-state index in [0.29, 0.717) is 29.4 Å². The van der Waals surface area contributed by atoms with E-state index in [1.54, 1.807) is 18.2 Å². The van der Waals surface area contributed by atoms with Crippen LogP contribution in [-0.2, 0) is 14.6 Å². The van der Waals surface area contributed by atoms with E-state index < -0.39 is 22.0 Å². The standard InChI is InChI=1S/C19H19NO7S/c1-12(21)13-7-15(25-11-17-10-20-19(22)27-17)9-16(8-13)26-14-3-5-18(6-4-14)28(2,23)24/h3-9,17H,10-11H2,1-2H3,(H,20,22)/t17-/m1/s1. The van der Waals surface area contributed by atoms with Gasteiger partial charge in [0.05, 0.1) is 11.4 Å². The molecule has 0 unspecified atom stereocenters. The zero-order chi connectivity index (χ0) is 20.3. The Bertz CT molecular complexity index is 999. The fraction of sp³-hybridized carbons (Fsp3) is 0.263. The molecule has 28 heavy (non-hydrogen) atoms. The second-order valence-electron chi connectivity index (χ2n) is 6.31. The summed E-state index contributed by atoms with van der Waals surface area (Å²) in [6, 6.07) is 10.7. The maximum Gasteiger partial charge on any atom is 0.407 e. The van der Waals surface area contributed by atoms with Gasteiger partial charge in [-0.25, -0.2) is 13.2 Å². The molecule has 1 heterocycles. The highest BCUT2D eigenvalue weighted by Crippen LogP contribution is 2.28. The molecule has 9 heteroatoms. The molecule has 148 valence electrons. The first-order valence-electron chi connectivity index (χ1n) is 8.42. The van der Waals surface area contributed by atoms with Crippen LogP contribution in [0.15, 0.2) is 47.4 Å². The van der Waals surface area contributed by atoms with Gasteiger partial charge < -0.3 is 19.5 Å². The van der Waals surface area contributed by atoms with Gasteiger partial charge in [-0.05, 0) is 43.3 Å². The minimum atomic E-state index is -3.30. The maximum absolute atomic E-state index is 11.8. The zero-order valence-electron chi connectivity index (χ0n) is 15.3. The summed E-state index contributed by atoms with van der Waals surface area (Å²) in [5.74, 6) is 0.986. The lowest BCUT2D eigenvalue weighted by Crippen LogP contribution is -2.22. The number of rotatable bonds is 7. The van der Waals surface area contributed by atoms with Crippen molar-refractivity contribution in [1.29, 1.82) is 0 Å². The molecule has 1 amide bonds. The summed E-state index contributed by atoms with van der Waals surface area (Å²) in [5, 5.41) is 2.53. The molecule has 0 spiro atoms. The molecule has 0 aromatic heterocycles. The number of ketones is 1. The van der Waals surface area contributed by atoms with Crippen molar-refractivity contribution in [3.63, 3.8) is 0 Å². The van der Waals surface area contributed by atoms with E-state index in [-0.39, 0.29) is 17.3 Å². The van der Waals surface area contributed by atoms with Gasteiger partial charge in [0, 0.05) is 17.9 Å². The van der Waals surface area contributed by atoms with Crippen LogP contribution in [0.2, 0.25) is 0 Å². The summed E-state index contributed by atoms with van der Waals surface area (Å²) in [6.07, 6.45) is 0.217. The minimum Gasteiger partial charge on any atom is -0.489 e. The van der Waals surface area contributed by atoms with Crippen molar-refractivity contribution in [3.05, 3.63) is 48.0 Å². The average molecular weight is 405 g/mol. The van der Waals surface area contributed by atoms with Crippen molar-refractivity contribution in [2.45, 2.75) is 17.9 Å². The van der Waals surface area contributed by atoms with Crippen LogP contribution in [0.25, 0.3) is 0 Å². The lowest BCUT2D eigenvalue weighted by molar-refractivity contribution is 0.101. The molecule has 1 saturated heterocycles. The molecule has 0 radical (unpaired) electrons. The number of ether oxygens (including phenoxy) is 3. The topological polar surface area (TPSA) is 108 Å². The highest BCUT2D eigenvalue weighted by molar-refractivity contribution is 7.90. The average Bonchev–Trinajstić information content (AvgIpc) is 3.05. The maximum atomic E-state index is 11.8. The number of Topliss-reactive ketones (excluding diaryl/α,β-unsaturated/α-hetero) is 1. The molecular formula is C19H19NO7S. The van der Waals surface area contributed by atoms with Crippen LogP contribution in [0.3, 0.4) is 0 Å². The van der Waals surface area contributed by atoms with Gasteiger partial charge in [-0.2, -0.15) is 0 Å². The van der Waals surface area contributed by atoms with Crippen LogP contribution in [-0.4, -0.2) is 45.8 Å². The fourth-order valence-corrected chi connectivity index (χ4v) is 3.15. The summed E-state index contributed by atoms with van der Waals surface area (Å²) in [5.41, 5.74) is 0.391. The van der Waals surface area contributed by atoms with Gasteiger partial charge in [0.25, 0.3) is 0 Å². The highest BCUT2D eigenvalue weighted by atomic mass is 32.2. The Hall–Kier alpha value is -3.07. The third kappa shape index (κ3) is 5.01. The van der Waals surface area contributed by atoms with Gasteiger partial charge in [-0.15, -0.1) is 0 Å².